The highest BCUT2D eigenvalue weighted by Crippen LogP contribution is 2.20. The van der Waals surface area contributed by atoms with Crippen molar-refractivity contribution in [3.8, 4) is 0 Å². The predicted molar refractivity (Wildman–Crippen MR) is 67.2 cm³/mol. The molecule has 1 fully saturated rings. The lowest BCUT2D eigenvalue weighted by Gasteiger charge is -2.12. The van der Waals surface area contributed by atoms with Gasteiger partial charge in [-0.3, -0.25) is 4.90 Å². The number of nitrogen functional groups attached to an aromatic ring is 1. The SMILES string of the molecule is Nc1ccc2cc(CN3CCCC3)[nH]c2c1. The maximum Gasteiger partial charge on any atom is 0.0477 e. The first-order chi connectivity index (χ1) is 7.81. The van der Waals surface area contributed by atoms with Gasteiger partial charge in [-0.1, -0.05) is 6.07 Å². The molecule has 3 rings (SSSR count). The number of hydrogen-bond donors (Lipinski definition) is 2. The Hall–Kier alpha value is -1.48. The van der Waals surface area contributed by atoms with E-state index in [0.29, 0.717) is 0 Å². The summed E-state index contributed by atoms with van der Waals surface area (Å²) >= 11 is 0. The van der Waals surface area contributed by atoms with E-state index in [1.165, 1.54) is 37.0 Å². The van der Waals surface area contributed by atoms with Crippen molar-refractivity contribution in [2.45, 2.75) is 19.4 Å². The molecule has 16 heavy (non-hydrogen) atoms. The number of benzene rings is 1. The Balaban J connectivity index is 1.86. The average Bonchev–Trinajstić information content (AvgIpc) is 2.86. The molecule has 0 saturated carbocycles. The number of rotatable bonds is 2. The fourth-order valence-corrected chi connectivity index (χ4v) is 2.47. The summed E-state index contributed by atoms with van der Waals surface area (Å²) in [4.78, 5) is 5.94. The van der Waals surface area contributed by atoms with Gasteiger partial charge in [0.25, 0.3) is 0 Å². The van der Waals surface area contributed by atoms with Crippen molar-refractivity contribution in [2.24, 2.45) is 0 Å². The molecule has 0 amide bonds. The van der Waals surface area contributed by atoms with Gasteiger partial charge in [0.1, 0.15) is 0 Å². The lowest BCUT2D eigenvalue weighted by atomic mass is 10.2. The van der Waals surface area contributed by atoms with Crippen molar-refractivity contribution < 1.29 is 0 Å². The number of aromatic amines is 1. The van der Waals surface area contributed by atoms with Crippen LogP contribution in [0.2, 0.25) is 0 Å². The van der Waals surface area contributed by atoms with E-state index < -0.39 is 0 Å². The Morgan fingerprint density at radius 1 is 1.19 bits per heavy atom. The van der Waals surface area contributed by atoms with Crippen LogP contribution in [0.25, 0.3) is 10.9 Å². The number of nitrogens with zero attached hydrogens (tertiary/aromatic N) is 1. The van der Waals surface area contributed by atoms with Crippen molar-refractivity contribution in [3.63, 3.8) is 0 Å². The molecule has 84 valence electrons. The third-order valence-corrected chi connectivity index (χ3v) is 3.29. The lowest BCUT2D eigenvalue weighted by Crippen LogP contribution is -2.18. The number of likely N-dealkylation sites (tertiary alicyclic amines) is 1. The van der Waals surface area contributed by atoms with Crippen LogP contribution in [-0.4, -0.2) is 23.0 Å². The van der Waals surface area contributed by atoms with Gasteiger partial charge >= 0.3 is 0 Å². The Labute approximate surface area is 95.2 Å². The third-order valence-electron chi connectivity index (χ3n) is 3.29. The second-order valence-corrected chi connectivity index (χ2v) is 4.62. The molecule has 0 radical (unpaired) electrons. The number of aromatic nitrogens is 1. The Morgan fingerprint density at radius 3 is 2.81 bits per heavy atom. The molecule has 0 spiro atoms. The first-order valence-electron chi connectivity index (χ1n) is 5.91. The number of nitrogens with two attached hydrogens (primary N) is 1. The van der Waals surface area contributed by atoms with Gasteiger partial charge in [0.05, 0.1) is 0 Å². The summed E-state index contributed by atoms with van der Waals surface area (Å²) in [6.07, 6.45) is 2.68. The molecular weight excluding hydrogens is 198 g/mol. The van der Waals surface area contributed by atoms with E-state index >= 15 is 0 Å². The summed E-state index contributed by atoms with van der Waals surface area (Å²) < 4.78 is 0. The molecule has 3 nitrogen and oxygen atoms in total. The minimum Gasteiger partial charge on any atom is -0.399 e. The molecule has 1 aliphatic rings. The van der Waals surface area contributed by atoms with E-state index in [0.717, 1.165) is 17.7 Å². The van der Waals surface area contributed by atoms with E-state index in [2.05, 4.69) is 22.0 Å². The van der Waals surface area contributed by atoms with Crippen molar-refractivity contribution in [1.29, 1.82) is 0 Å². The van der Waals surface area contributed by atoms with Crippen molar-refractivity contribution in [1.82, 2.24) is 9.88 Å². The Kier molecular flexibility index (Phi) is 2.33. The monoisotopic (exact) mass is 215 g/mol. The molecule has 1 aliphatic heterocycles. The van der Waals surface area contributed by atoms with Gasteiger partial charge in [-0.05, 0) is 49.5 Å². The molecule has 1 aromatic carbocycles. The van der Waals surface area contributed by atoms with E-state index in [4.69, 9.17) is 5.73 Å². The molecule has 3 N–H and O–H groups in total. The molecule has 2 aromatic rings. The number of anilines is 1. The summed E-state index contributed by atoms with van der Waals surface area (Å²) in [6, 6.07) is 8.26. The van der Waals surface area contributed by atoms with Crippen LogP contribution in [0.15, 0.2) is 24.3 Å². The highest BCUT2D eigenvalue weighted by Gasteiger charge is 2.12. The lowest BCUT2D eigenvalue weighted by molar-refractivity contribution is 0.328. The first kappa shape index (κ1) is 9.73. The molecule has 3 heteroatoms. The standard InChI is InChI=1S/C13H17N3/c14-11-4-3-10-7-12(15-13(10)8-11)9-16-5-1-2-6-16/h3-4,7-8,15H,1-2,5-6,9,14H2. The van der Waals surface area contributed by atoms with Crippen LogP contribution in [0.1, 0.15) is 18.5 Å². The van der Waals surface area contributed by atoms with Crippen LogP contribution in [0.3, 0.4) is 0 Å². The molecule has 1 aromatic heterocycles. The van der Waals surface area contributed by atoms with E-state index in [1.54, 1.807) is 0 Å². The van der Waals surface area contributed by atoms with Gasteiger partial charge in [-0.2, -0.15) is 0 Å². The van der Waals surface area contributed by atoms with Gasteiger partial charge in [-0.25, -0.2) is 0 Å². The highest BCUT2D eigenvalue weighted by atomic mass is 15.1. The summed E-state index contributed by atoms with van der Waals surface area (Å²) in [5.74, 6) is 0. The molecular formula is C13H17N3. The fourth-order valence-electron chi connectivity index (χ4n) is 2.47. The summed E-state index contributed by atoms with van der Waals surface area (Å²) in [5, 5.41) is 1.25. The van der Waals surface area contributed by atoms with Gasteiger partial charge < -0.3 is 10.7 Å². The Bertz CT molecular complexity index is 495. The number of H-pyrrole nitrogens is 1. The van der Waals surface area contributed by atoms with Crippen LogP contribution >= 0.6 is 0 Å². The van der Waals surface area contributed by atoms with Crippen LogP contribution in [-0.2, 0) is 6.54 Å². The van der Waals surface area contributed by atoms with Crippen LogP contribution in [0.5, 0.6) is 0 Å². The van der Waals surface area contributed by atoms with Gasteiger partial charge in [0, 0.05) is 23.4 Å². The quantitative estimate of drug-likeness (QED) is 0.755. The maximum absolute atomic E-state index is 5.77. The fraction of sp³-hybridized carbons (Fsp3) is 0.385. The Morgan fingerprint density at radius 2 is 2.00 bits per heavy atom. The van der Waals surface area contributed by atoms with Crippen LogP contribution < -0.4 is 5.73 Å². The van der Waals surface area contributed by atoms with E-state index in [-0.39, 0.29) is 0 Å². The van der Waals surface area contributed by atoms with Crippen LogP contribution in [0.4, 0.5) is 5.69 Å². The second kappa shape index (κ2) is 3.83. The second-order valence-electron chi connectivity index (χ2n) is 4.62. The molecule has 0 bridgehead atoms. The summed E-state index contributed by atoms with van der Waals surface area (Å²) in [5.41, 5.74) is 9.03. The van der Waals surface area contributed by atoms with Crippen molar-refractivity contribution >= 4 is 16.6 Å². The number of fused-ring (bicyclic) bond motifs is 1. The molecule has 0 atom stereocenters. The van der Waals surface area contributed by atoms with Gasteiger partial charge in [0.2, 0.25) is 0 Å². The van der Waals surface area contributed by atoms with E-state index in [1.807, 2.05) is 12.1 Å². The van der Waals surface area contributed by atoms with Gasteiger partial charge in [0.15, 0.2) is 0 Å². The van der Waals surface area contributed by atoms with Crippen LogP contribution in [0, 0.1) is 0 Å². The molecule has 1 saturated heterocycles. The minimum absolute atomic E-state index is 0.821. The first-order valence-corrected chi connectivity index (χ1v) is 5.91. The smallest absolute Gasteiger partial charge is 0.0477 e. The number of nitrogens with one attached hydrogen (secondary N) is 1. The van der Waals surface area contributed by atoms with Gasteiger partial charge in [-0.15, -0.1) is 0 Å². The zero-order valence-corrected chi connectivity index (χ0v) is 9.37. The summed E-state index contributed by atoms with van der Waals surface area (Å²) in [6.45, 7) is 3.50. The molecule has 2 heterocycles. The summed E-state index contributed by atoms with van der Waals surface area (Å²) in [7, 11) is 0. The van der Waals surface area contributed by atoms with E-state index in [9.17, 15) is 0 Å². The zero-order chi connectivity index (χ0) is 11.0. The highest BCUT2D eigenvalue weighted by molar-refractivity contribution is 5.83. The van der Waals surface area contributed by atoms with Crippen molar-refractivity contribution in [3.05, 3.63) is 30.0 Å². The normalized spacial score (nSPS) is 17.2. The maximum atomic E-state index is 5.77. The third kappa shape index (κ3) is 1.78. The van der Waals surface area contributed by atoms with Crippen molar-refractivity contribution in [2.75, 3.05) is 18.8 Å². The molecule has 0 aliphatic carbocycles. The molecule has 0 unspecified atom stereocenters. The number of hydrogen-bond acceptors (Lipinski definition) is 2. The zero-order valence-electron chi connectivity index (χ0n) is 9.37. The predicted octanol–water partition coefficient (Wildman–Crippen LogP) is 2.35. The minimum atomic E-state index is 0.821. The topological polar surface area (TPSA) is 45.0 Å². The largest absolute Gasteiger partial charge is 0.399 e. The average molecular weight is 215 g/mol.